The van der Waals surface area contributed by atoms with E-state index in [2.05, 4.69) is 15.6 Å². The van der Waals surface area contributed by atoms with Crippen LogP contribution >= 0.6 is 11.8 Å². The number of nitrogens with zero attached hydrogens (tertiary/aromatic N) is 1. The fraction of sp³-hybridized carbons (Fsp3) is 0.111. The van der Waals surface area contributed by atoms with E-state index in [9.17, 15) is 19.5 Å². The number of amides is 2. The van der Waals surface area contributed by atoms with Crippen LogP contribution in [-0.2, 0) is 9.59 Å². The highest BCUT2D eigenvalue weighted by Crippen LogP contribution is 2.24. The molecular formula is C18H14N3O4S-. The number of carbonyl (C=O) groups excluding carboxylic acids is 3. The lowest BCUT2D eigenvalue weighted by Crippen LogP contribution is -2.41. The second-order valence-electron chi connectivity index (χ2n) is 5.47. The minimum absolute atomic E-state index is 0.0201. The molecule has 3 rings (SSSR count). The van der Waals surface area contributed by atoms with Crippen molar-refractivity contribution in [2.45, 2.75) is 11.7 Å². The van der Waals surface area contributed by atoms with Crippen molar-refractivity contribution in [2.75, 3.05) is 5.32 Å². The number of aromatic carboxylic acids is 1. The monoisotopic (exact) mass is 368 g/mol. The van der Waals surface area contributed by atoms with E-state index >= 15 is 0 Å². The summed E-state index contributed by atoms with van der Waals surface area (Å²) in [5.74, 6) is -1.93. The van der Waals surface area contributed by atoms with Gasteiger partial charge in [-0.15, -0.1) is 0 Å². The summed E-state index contributed by atoms with van der Waals surface area (Å²) in [5, 5.41) is 15.8. The Labute approximate surface area is 153 Å². The van der Waals surface area contributed by atoms with E-state index in [-0.39, 0.29) is 23.8 Å². The number of carboxylic acids is 1. The summed E-state index contributed by atoms with van der Waals surface area (Å²) in [4.78, 5) is 39.4. The van der Waals surface area contributed by atoms with Gasteiger partial charge in [-0.25, -0.2) is 4.99 Å². The van der Waals surface area contributed by atoms with Crippen molar-refractivity contribution in [1.29, 1.82) is 0 Å². The van der Waals surface area contributed by atoms with Crippen molar-refractivity contribution in [3.8, 4) is 0 Å². The Morgan fingerprint density at radius 1 is 1.12 bits per heavy atom. The fourth-order valence-electron chi connectivity index (χ4n) is 2.28. The van der Waals surface area contributed by atoms with Gasteiger partial charge in [-0.1, -0.05) is 42.1 Å². The molecule has 0 aromatic heterocycles. The lowest BCUT2D eigenvalue weighted by atomic mass is 10.2. The molecule has 0 unspecified atom stereocenters. The number of anilines is 1. The van der Waals surface area contributed by atoms with Gasteiger partial charge in [-0.05, 0) is 29.8 Å². The molecule has 1 aliphatic rings. The molecule has 0 spiro atoms. The number of benzene rings is 2. The number of thioether (sulfide) groups is 1. The van der Waals surface area contributed by atoms with Gasteiger partial charge >= 0.3 is 0 Å². The predicted molar refractivity (Wildman–Crippen MR) is 97.1 cm³/mol. The molecule has 1 aliphatic heterocycles. The minimum Gasteiger partial charge on any atom is -0.545 e. The molecule has 0 aliphatic carbocycles. The Hall–Kier alpha value is -3.13. The molecule has 0 bridgehead atoms. The average Bonchev–Trinajstić information content (AvgIpc) is 2.62. The Kier molecular flexibility index (Phi) is 5.33. The Bertz CT molecular complexity index is 866. The number of rotatable bonds is 4. The Morgan fingerprint density at radius 2 is 1.81 bits per heavy atom. The predicted octanol–water partition coefficient (Wildman–Crippen LogP) is 1.30. The van der Waals surface area contributed by atoms with E-state index in [4.69, 9.17) is 0 Å². The van der Waals surface area contributed by atoms with E-state index < -0.39 is 11.2 Å². The van der Waals surface area contributed by atoms with Crippen LogP contribution < -0.4 is 15.7 Å². The zero-order valence-electron chi connectivity index (χ0n) is 13.5. The van der Waals surface area contributed by atoms with Gasteiger partial charge in [0.2, 0.25) is 11.8 Å². The van der Waals surface area contributed by atoms with Gasteiger partial charge in [0.25, 0.3) is 0 Å². The number of hydrogen-bond acceptors (Lipinski definition) is 6. The molecule has 2 aromatic rings. The van der Waals surface area contributed by atoms with Crippen LogP contribution in [0.5, 0.6) is 0 Å². The van der Waals surface area contributed by atoms with Crippen LogP contribution in [0.2, 0.25) is 0 Å². The topological polar surface area (TPSA) is 111 Å². The van der Waals surface area contributed by atoms with Crippen molar-refractivity contribution >= 4 is 46.1 Å². The zero-order chi connectivity index (χ0) is 18.5. The van der Waals surface area contributed by atoms with Gasteiger partial charge in [0.1, 0.15) is 5.25 Å². The molecule has 2 aromatic carbocycles. The standard InChI is InChI=1S/C18H15N3O4S/c22-15-10-14(26-18(21-15)20-12-4-2-1-3-5-12)16(23)19-13-8-6-11(7-9-13)17(24)25/h1-9,14H,10H2,(H,19,23)(H,24,25)(H,20,21,22)/p-1/t14-/m1/s1. The van der Waals surface area contributed by atoms with Crippen LogP contribution in [-0.4, -0.2) is 28.2 Å². The smallest absolute Gasteiger partial charge is 0.238 e. The molecule has 1 atom stereocenters. The first-order valence-corrected chi connectivity index (χ1v) is 8.62. The van der Waals surface area contributed by atoms with Crippen LogP contribution in [0.15, 0.2) is 59.6 Å². The summed E-state index contributed by atoms with van der Waals surface area (Å²) >= 11 is 1.17. The molecule has 1 fully saturated rings. The maximum Gasteiger partial charge on any atom is 0.238 e. The number of carbonyl (C=O) groups is 3. The van der Waals surface area contributed by atoms with Gasteiger partial charge in [0, 0.05) is 12.1 Å². The second kappa shape index (κ2) is 7.83. The molecule has 1 heterocycles. The summed E-state index contributed by atoms with van der Waals surface area (Å²) in [7, 11) is 0. The molecule has 2 amide bonds. The third kappa shape index (κ3) is 4.48. The number of para-hydroxylation sites is 1. The van der Waals surface area contributed by atoms with Crippen molar-refractivity contribution < 1.29 is 19.5 Å². The third-order valence-electron chi connectivity index (χ3n) is 3.54. The second-order valence-corrected chi connectivity index (χ2v) is 6.66. The minimum atomic E-state index is -1.29. The lowest BCUT2D eigenvalue weighted by Gasteiger charge is -2.22. The highest BCUT2D eigenvalue weighted by Gasteiger charge is 2.30. The molecule has 0 radical (unpaired) electrons. The highest BCUT2D eigenvalue weighted by molar-refractivity contribution is 8.15. The first kappa shape index (κ1) is 17.7. The molecule has 0 saturated carbocycles. The Balaban J connectivity index is 1.69. The third-order valence-corrected chi connectivity index (χ3v) is 4.62. The van der Waals surface area contributed by atoms with E-state index in [0.717, 1.165) is 0 Å². The fourth-order valence-corrected chi connectivity index (χ4v) is 3.28. The van der Waals surface area contributed by atoms with Crippen LogP contribution in [0.4, 0.5) is 11.4 Å². The largest absolute Gasteiger partial charge is 0.545 e. The van der Waals surface area contributed by atoms with Crippen molar-refractivity contribution in [2.24, 2.45) is 4.99 Å². The van der Waals surface area contributed by atoms with Crippen LogP contribution in [0.25, 0.3) is 0 Å². The summed E-state index contributed by atoms with van der Waals surface area (Å²) in [6.45, 7) is 0. The summed E-state index contributed by atoms with van der Waals surface area (Å²) in [6, 6.07) is 14.7. The first-order valence-electron chi connectivity index (χ1n) is 7.74. The maximum absolute atomic E-state index is 12.4. The number of amidine groups is 1. The van der Waals surface area contributed by atoms with Crippen molar-refractivity contribution in [3.63, 3.8) is 0 Å². The Morgan fingerprint density at radius 3 is 2.46 bits per heavy atom. The zero-order valence-corrected chi connectivity index (χ0v) is 14.3. The number of carboxylic acid groups (broad SMARTS) is 1. The summed E-state index contributed by atoms with van der Waals surface area (Å²) < 4.78 is 0. The quantitative estimate of drug-likeness (QED) is 0.845. The van der Waals surface area contributed by atoms with Crippen molar-refractivity contribution in [3.05, 3.63) is 60.2 Å². The average molecular weight is 368 g/mol. The van der Waals surface area contributed by atoms with E-state index in [0.29, 0.717) is 16.5 Å². The molecule has 26 heavy (non-hydrogen) atoms. The molecular weight excluding hydrogens is 354 g/mol. The summed E-state index contributed by atoms with van der Waals surface area (Å²) in [5.41, 5.74) is 1.13. The van der Waals surface area contributed by atoms with Crippen LogP contribution in [0.1, 0.15) is 16.8 Å². The van der Waals surface area contributed by atoms with E-state index in [1.54, 1.807) is 12.1 Å². The van der Waals surface area contributed by atoms with Gasteiger partial charge in [-0.3, -0.25) is 9.59 Å². The van der Waals surface area contributed by atoms with E-state index in [1.807, 2.05) is 18.2 Å². The highest BCUT2D eigenvalue weighted by atomic mass is 32.2. The molecule has 8 heteroatoms. The normalized spacial score (nSPS) is 18.2. The summed E-state index contributed by atoms with van der Waals surface area (Å²) in [6.07, 6.45) is 0.0292. The lowest BCUT2D eigenvalue weighted by molar-refractivity contribution is -0.255. The van der Waals surface area contributed by atoms with Gasteiger partial charge in [0.05, 0.1) is 11.7 Å². The van der Waals surface area contributed by atoms with Crippen molar-refractivity contribution in [1.82, 2.24) is 5.32 Å². The van der Waals surface area contributed by atoms with Crippen LogP contribution in [0, 0.1) is 0 Å². The van der Waals surface area contributed by atoms with Gasteiger partial charge < -0.3 is 20.5 Å². The molecule has 7 nitrogen and oxygen atoms in total. The molecule has 2 N–H and O–H groups in total. The van der Waals surface area contributed by atoms with Gasteiger partial charge in [-0.2, -0.15) is 0 Å². The molecule has 1 saturated heterocycles. The SMILES string of the molecule is O=C1C[C@H](C(=O)Nc2ccc(C(=O)[O-])cc2)SC(=Nc2ccccc2)N1. The van der Waals surface area contributed by atoms with Crippen LogP contribution in [0.3, 0.4) is 0 Å². The first-order chi connectivity index (χ1) is 12.5. The van der Waals surface area contributed by atoms with Gasteiger partial charge in [0.15, 0.2) is 5.17 Å². The number of hydrogen-bond donors (Lipinski definition) is 2. The van der Waals surface area contributed by atoms with E-state index in [1.165, 1.54) is 36.0 Å². The maximum atomic E-state index is 12.4. The number of nitrogens with one attached hydrogen (secondary N) is 2. The molecule has 132 valence electrons. The number of aliphatic imine (C=N–C) groups is 1.